The van der Waals surface area contributed by atoms with Gasteiger partial charge in [0, 0.05) is 32.3 Å². The summed E-state index contributed by atoms with van der Waals surface area (Å²) in [6.07, 6.45) is 17.6. The van der Waals surface area contributed by atoms with Crippen molar-refractivity contribution in [2.75, 3.05) is 52.9 Å². The second kappa shape index (κ2) is 60.7. The van der Waals surface area contributed by atoms with Gasteiger partial charge >= 0.3 is 39.6 Å². The molecule has 3 unspecified atom stereocenters. The minimum atomic E-state index is -0.954. The maximum absolute atomic E-state index is 9.35. The van der Waals surface area contributed by atoms with Crippen molar-refractivity contribution in [3.63, 3.8) is 0 Å². The molecular weight excluding hydrogens is 727 g/mol. The Morgan fingerprint density at radius 1 is 0.565 bits per heavy atom. The van der Waals surface area contributed by atoms with Crippen molar-refractivity contribution in [3.05, 3.63) is 12.7 Å². The Bertz CT molecular complexity index is 449. The van der Waals surface area contributed by atoms with E-state index >= 15 is 0 Å². The molecule has 0 aromatic heterocycles. The third kappa shape index (κ3) is 75.0. The molecule has 46 heavy (non-hydrogen) atoms. The average Bonchev–Trinajstić information content (AvgIpc) is 3.07. The molecule has 0 aliphatic heterocycles. The van der Waals surface area contributed by atoms with Crippen LogP contribution in [-0.4, -0.2) is 149 Å². The smallest absolute Gasteiger partial charge is 0.128 e. The quantitative estimate of drug-likeness (QED) is 0.0295. The van der Waals surface area contributed by atoms with Crippen molar-refractivity contribution in [1.29, 1.82) is 0 Å². The van der Waals surface area contributed by atoms with Crippen LogP contribution in [0.3, 0.4) is 0 Å². The van der Waals surface area contributed by atoms with Crippen molar-refractivity contribution in [1.82, 2.24) is 0 Å². The molecule has 13 heteroatoms. The predicted octanol–water partition coefficient (Wildman–Crippen LogP) is 2.54. The van der Waals surface area contributed by atoms with Crippen LogP contribution >= 0.6 is 11.6 Å². The Hall–Kier alpha value is 0.389. The van der Waals surface area contributed by atoms with Crippen LogP contribution in [0, 0.1) is 5.92 Å². The third-order valence-electron chi connectivity index (χ3n) is 5.99. The molecule has 0 aliphatic carbocycles. The van der Waals surface area contributed by atoms with Crippen LogP contribution in [0.5, 0.6) is 0 Å². The minimum Gasteiger partial charge on any atom is -0.396 e. The molecule has 0 saturated heterocycles. The standard InChI is InChI=1S/C12H26O2.C8H18O2.C5H11ClO2.C3H8O3.C3H5.C2H6O2.Sn.H/c13-11-9-7-5-3-1-2-4-6-8-10-12-14;1-3-5-8(10)7(4-2)6-9;6-5(8)3-1-2-4-7;4-1-3(6)2-5;1-3-2;3-1-2-4;;/h13-14H,1-12H2;7-10H,3-6H2,1-2H3;5,7-8H,1-4H2;3-6H,1-2H2;3H,1-2H2;3-4H,1-2H2;;. The summed E-state index contributed by atoms with van der Waals surface area (Å²) in [6, 6.07) is 0. The number of aliphatic hydroxyl groups excluding tert-OH is 11. The normalized spacial score (nSPS) is 11.8. The van der Waals surface area contributed by atoms with Gasteiger partial charge in [0.25, 0.3) is 0 Å². The number of allylic oxidation sites excluding steroid dienone is 1. The molecule has 0 saturated carbocycles. The van der Waals surface area contributed by atoms with Crippen LogP contribution < -0.4 is 0 Å². The first kappa shape index (κ1) is 58.6. The van der Waals surface area contributed by atoms with Gasteiger partial charge in [-0.3, -0.25) is 0 Å². The van der Waals surface area contributed by atoms with E-state index in [1.807, 2.05) is 19.9 Å². The summed E-state index contributed by atoms with van der Waals surface area (Å²) in [4.78, 5) is 0. The topological polar surface area (TPSA) is 223 Å². The Labute approximate surface area is 299 Å². The zero-order valence-corrected chi connectivity index (χ0v) is 33.2. The van der Waals surface area contributed by atoms with Crippen molar-refractivity contribution >= 4 is 34.1 Å². The van der Waals surface area contributed by atoms with Crippen molar-refractivity contribution < 1.29 is 56.2 Å². The van der Waals surface area contributed by atoms with Gasteiger partial charge in [-0.25, -0.2) is 0 Å². The van der Waals surface area contributed by atoms with E-state index in [0.717, 1.165) is 44.9 Å². The number of alkyl halides is 1. The maximum atomic E-state index is 9.35. The van der Waals surface area contributed by atoms with Gasteiger partial charge < -0.3 is 56.2 Å². The van der Waals surface area contributed by atoms with E-state index in [-0.39, 0.29) is 51.7 Å². The van der Waals surface area contributed by atoms with Gasteiger partial charge in [-0.15, -0.1) is 0 Å². The van der Waals surface area contributed by atoms with E-state index in [0.29, 0.717) is 19.6 Å². The van der Waals surface area contributed by atoms with Crippen LogP contribution in [0.2, 0.25) is 4.44 Å². The molecule has 0 fully saturated rings. The molecule has 0 amide bonds. The number of hydrogen-bond acceptors (Lipinski definition) is 11. The van der Waals surface area contributed by atoms with E-state index < -0.39 is 11.7 Å². The first-order chi connectivity index (χ1) is 22.1. The zero-order chi connectivity index (χ0) is 36.7. The fourth-order valence-corrected chi connectivity index (χ4v) is 3.33. The molecule has 0 spiro atoms. The average molecular weight is 802 g/mol. The molecule has 0 rings (SSSR count). The summed E-state index contributed by atoms with van der Waals surface area (Å²) < 4.78 is 1.21. The summed E-state index contributed by atoms with van der Waals surface area (Å²) >= 11 is 6.51. The minimum absolute atomic E-state index is 0.0833. The molecule has 0 aliphatic rings. The number of rotatable bonds is 24. The van der Waals surface area contributed by atoms with Gasteiger partial charge in [-0.05, 0) is 44.9 Å². The molecule has 3 atom stereocenters. The molecule has 0 bridgehead atoms. The van der Waals surface area contributed by atoms with Gasteiger partial charge in [0.05, 0.1) is 32.5 Å². The summed E-state index contributed by atoms with van der Waals surface area (Å²) in [6.45, 7) is 7.54. The summed E-state index contributed by atoms with van der Waals surface area (Å²) in [5, 5.41) is 91.2. The number of hydrogen-bond donors (Lipinski definition) is 11. The monoisotopic (exact) mass is 802 g/mol. The van der Waals surface area contributed by atoms with Gasteiger partial charge in [0.1, 0.15) is 11.7 Å². The summed E-state index contributed by atoms with van der Waals surface area (Å²) in [5.41, 5.74) is -0.735. The summed E-state index contributed by atoms with van der Waals surface area (Å²) in [5.74, 6) is 0.0833. The van der Waals surface area contributed by atoms with Crippen molar-refractivity contribution in [3.8, 4) is 0 Å². The summed E-state index contributed by atoms with van der Waals surface area (Å²) in [7, 11) is 0. The first-order valence-corrected chi connectivity index (χ1v) is 19.7. The number of halogens is 1. The van der Waals surface area contributed by atoms with Crippen LogP contribution in [0.15, 0.2) is 12.7 Å². The van der Waals surface area contributed by atoms with Crippen LogP contribution in [0.4, 0.5) is 0 Å². The van der Waals surface area contributed by atoms with Crippen LogP contribution in [0.1, 0.15) is 117 Å². The van der Waals surface area contributed by atoms with Gasteiger partial charge in [-0.1, -0.05) is 83.2 Å². The third-order valence-corrected chi connectivity index (χ3v) is 7.16. The van der Waals surface area contributed by atoms with Crippen LogP contribution in [0.25, 0.3) is 0 Å². The van der Waals surface area contributed by atoms with Crippen molar-refractivity contribution in [2.45, 2.75) is 139 Å². The maximum Gasteiger partial charge on any atom is 0.128 e. The fourth-order valence-electron chi connectivity index (χ4n) is 3.17. The molecule has 11 N–H and O–H groups in total. The Morgan fingerprint density at radius 3 is 1.11 bits per heavy atom. The van der Waals surface area contributed by atoms with E-state index in [9.17, 15) is 5.11 Å². The van der Waals surface area contributed by atoms with Crippen molar-refractivity contribution in [2.24, 2.45) is 5.92 Å². The van der Waals surface area contributed by atoms with Gasteiger partial charge in [-0.2, -0.15) is 0 Å². The molecule has 2 radical (unpaired) electrons. The molecule has 11 nitrogen and oxygen atoms in total. The van der Waals surface area contributed by atoms with Gasteiger partial charge in [0.15, 0.2) is 0 Å². The molecule has 0 aromatic rings. The van der Waals surface area contributed by atoms with E-state index in [1.165, 1.54) is 78.3 Å². The molecule has 0 aromatic carbocycles. The second-order valence-corrected chi connectivity index (χ2v) is 12.2. The number of unbranched alkanes of at least 4 members (excludes halogenated alkanes) is 10. The molecular formula is C33H75ClO11Sn. The second-order valence-electron chi connectivity index (χ2n) is 10.3. The first-order valence-electron chi connectivity index (χ1n) is 16.9. The Kier molecular flexibility index (Phi) is 77.3. The van der Waals surface area contributed by atoms with E-state index in [4.69, 9.17) is 62.7 Å². The Balaban J connectivity index is -0.000000111. The zero-order valence-electron chi connectivity index (χ0n) is 29.1. The van der Waals surface area contributed by atoms with E-state index in [2.05, 4.69) is 6.58 Å². The van der Waals surface area contributed by atoms with E-state index in [1.54, 1.807) is 0 Å². The Morgan fingerprint density at radius 2 is 0.913 bits per heavy atom. The predicted molar refractivity (Wildman–Crippen MR) is 191 cm³/mol. The molecule has 0 heterocycles. The molecule has 284 valence electrons. The van der Waals surface area contributed by atoms with Gasteiger partial charge in [0.2, 0.25) is 0 Å². The van der Waals surface area contributed by atoms with Crippen LogP contribution in [-0.2, 0) is 0 Å². The largest absolute Gasteiger partial charge is 0.396 e. The SMILES string of the molecule is C=C[CH2][SnH].CCCC(O)C(CC)CO.OCC(O)CO.OCCCCC(O)Cl.OCCCCCCCCCCCCO.OCCO. The fraction of sp³-hybridized carbons (Fsp3) is 0.939. The number of aliphatic hydroxyl groups is 11.